The smallest absolute Gasteiger partial charge is 0.337 e. The molecule has 156 valence electrons. The number of rotatable bonds is 2. The molecule has 2 aromatic rings. The molecular weight excluding hydrogens is 364 g/mol. The number of amides is 1. The number of esters is 1. The Morgan fingerprint density at radius 2 is 1.86 bits per heavy atom. The number of fused-ring (bicyclic) bond motifs is 3. The van der Waals surface area contributed by atoms with Crippen LogP contribution in [0.1, 0.15) is 68.1 Å². The van der Waals surface area contributed by atoms with E-state index < -0.39 is 0 Å². The van der Waals surface area contributed by atoms with E-state index in [0.717, 1.165) is 55.1 Å². The third-order valence-electron chi connectivity index (χ3n) is 7.01. The van der Waals surface area contributed by atoms with Crippen molar-refractivity contribution in [3.8, 4) is 0 Å². The number of aromatic amines is 1. The van der Waals surface area contributed by atoms with Gasteiger partial charge in [-0.05, 0) is 55.2 Å². The van der Waals surface area contributed by atoms with Gasteiger partial charge in [-0.1, -0.05) is 20.8 Å². The van der Waals surface area contributed by atoms with E-state index in [1.165, 1.54) is 12.8 Å². The minimum absolute atomic E-state index is 0.158. The Labute approximate surface area is 172 Å². The Morgan fingerprint density at radius 3 is 2.52 bits per heavy atom. The summed E-state index contributed by atoms with van der Waals surface area (Å²) in [6.07, 6.45) is 5.14. The summed E-state index contributed by atoms with van der Waals surface area (Å²) in [5, 5.41) is 1.02. The molecule has 0 atom stereocenters. The van der Waals surface area contributed by atoms with Gasteiger partial charge in [0.15, 0.2) is 0 Å². The van der Waals surface area contributed by atoms with Crippen molar-refractivity contribution in [1.29, 1.82) is 0 Å². The van der Waals surface area contributed by atoms with Crippen molar-refractivity contribution in [1.82, 2.24) is 9.88 Å². The molecule has 1 aliphatic carbocycles. The normalized spacial score (nSPS) is 22.4. The molecule has 0 radical (unpaired) electrons. The first-order valence-electron chi connectivity index (χ1n) is 10.8. The van der Waals surface area contributed by atoms with Crippen molar-refractivity contribution >= 4 is 22.8 Å². The number of carbonyl (C=O) groups excluding carboxylic acids is 2. The topological polar surface area (TPSA) is 62.4 Å². The second kappa shape index (κ2) is 7.51. The van der Waals surface area contributed by atoms with E-state index in [0.29, 0.717) is 29.3 Å². The number of hydrogen-bond acceptors (Lipinski definition) is 3. The lowest BCUT2D eigenvalue weighted by Gasteiger charge is -2.38. The number of benzene rings is 1. The van der Waals surface area contributed by atoms with Crippen molar-refractivity contribution in [2.24, 2.45) is 17.3 Å². The first-order chi connectivity index (χ1) is 13.8. The highest BCUT2D eigenvalue weighted by atomic mass is 16.5. The van der Waals surface area contributed by atoms with E-state index >= 15 is 0 Å². The third-order valence-corrected chi connectivity index (χ3v) is 7.01. The van der Waals surface area contributed by atoms with Crippen molar-refractivity contribution < 1.29 is 14.3 Å². The fourth-order valence-electron chi connectivity index (χ4n) is 5.11. The van der Waals surface area contributed by atoms with Crippen LogP contribution in [-0.4, -0.2) is 35.4 Å². The lowest BCUT2D eigenvalue weighted by atomic mass is 9.69. The zero-order chi connectivity index (χ0) is 20.8. The Kier molecular flexibility index (Phi) is 5.18. The highest BCUT2D eigenvalue weighted by Gasteiger charge is 2.35. The van der Waals surface area contributed by atoms with Crippen LogP contribution in [0.25, 0.3) is 10.9 Å². The van der Waals surface area contributed by atoms with Gasteiger partial charge in [0, 0.05) is 47.6 Å². The number of H-pyrrole nitrogens is 1. The molecular formula is C24H32N2O3. The first kappa shape index (κ1) is 20.0. The second-order valence-corrected chi connectivity index (χ2v) is 9.76. The van der Waals surface area contributed by atoms with E-state index in [1.807, 2.05) is 17.0 Å². The number of nitrogens with one attached hydrogen (secondary N) is 1. The summed E-state index contributed by atoms with van der Waals surface area (Å²) in [5.74, 6) is 0.846. The van der Waals surface area contributed by atoms with Gasteiger partial charge in [0.25, 0.3) is 0 Å². The number of ether oxygens (including phenoxy) is 1. The van der Waals surface area contributed by atoms with Gasteiger partial charge in [0.05, 0.1) is 12.7 Å². The van der Waals surface area contributed by atoms with Gasteiger partial charge in [0.1, 0.15) is 0 Å². The summed E-state index contributed by atoms with van der Waals surface area (Å²) >= 11 is 0. The number of carbonyl (C=O) groups is 2. The highest BCUT2D eigenvalue weighted by molar-refractivity contribution is 5.96. The van der Waals surface area contributed by atoms with Crippen LogP contribution in [0.15, 0.2) is 18.2 Å². The molecule has 0 saturated heterocycles. The fourth-order valence-corrected chi connectivity index (χ4v) is 5.11. The zero-order valence-corrected chi connectivity index (χ0v) is 18.0. The Hall–Kier alpha value is -2.30. The van der Waals surface area contributed by atoms with Crippen molar-refractivity contribution in [3.05, 3.63) is 35.0 Å². The lowest BCUT2D eigenvalue weighted by molar-refractivity contribution is -0.138. The van der Waals surface area contributed by atoms with Crippen LogP contribution < -0.4 is 0 Å². The van der Waals surface area contributed by atoms with Gasteiger partial charge in [-0.15, -0.1) is 0 Å². The summed E-state index contributed by atoms with van der Waals surface area (Å²) in [5.41, 5.74) is 4.22. The molecule has 2 aliphatic rings. The Morgan fingerprint density at radius 1 is 1.14 bits per heavy atom. The number of methoxy groups -OCH3 is 1. The monoisotopic (exact) mass is 396 g/mol. The minimum atomic E-state index is -0.332. The average molecular weight is 397 g/mol. The van der Waals surface area contributed by atoms with Crippen LogP contribution >= 0.6 is 0 Å². The molecule has 1 amide bonds. The molecule has 1 aliphatic heterocycles. The maximum absolute atomic E-state index is 13.2. The van der Waals surface area contributed by atoms with E-state index in [1.54, 1.807) is 6.07 Å². The van der Waals surface area contributed by atoms with Crippen LogP contribution in [0.5, 0.6) is 0 Å². The molecule has 2 heterocycles. The molecule has 4 rings (SSSR count). The summed E-state index contributed by atoms with van der Waals surface area (Å²) in [6, 6.07) is 5.60. The quantitative estimate of drug-likeness (QED) is 0.749. The van der Waals surface area contributed by atoms with E-state index in [2.05, 4.69) is 25.8 Å². The maximum Gasteiger partial charge on any atom is 0.337 e. The minimum Gasteiger partial charge on any atom is -0.465 e. The van der Waals surface area contributed by atoms with Gasteiger partial charge in [0.2, 0.25) is 5.91 Å². The summed E-state index contributed by atoms with van der Waals surface area (Å²) in [6.45, 7) is 8.32. The predicted octanol–water partition coefficient (Wildman–Crippen LogP) is 4.69. The van der Waals surface area contributed by atoms with Gasteiger partial charge in [-0.3, -0.25) is 4.79 Å². The van der Waals surface area contributed by atoms with Crippen LogP contribution in [0, 0.1) is 17.3 Å². The average Bonchev–Trinajstić information content (AvgIpc) is 3.09. The van der Waals surface area contributed by atoms with Crippen LogP contribution in [0.2, 0.25) is 0 Å². The van der Waals surface area contributed by atoms with Crippen molar-refractivity contribution in [2.75, 3.05) is 13.7 Å². The van der Waals surface area contributed by atoms with Crippen LogP contribution in [0.4, 0.5) is 0 Å². The number of aromatic nitrogens is 1. The van der Waals surface area contributed by atoms with E-state index in [4.69, 9.17) is 4.74 Å². The molecule has 1 fully saturated rings. The highest BCUT2D eigenvalue weighted by Crippen LogP contribution is 2.40. The number of hydrogen-bond donors (Lipinski definition) is 1. The lowest BCUT2D eigenvalue weighted by Crippen LogP contribution is -2.41. The third kappa shape index (κ3) is 3.79. The summed E-state index contributed by atoms with van der Waals surface area (Å²) < 4.78 is 4.86. The van der Waals surface area contributed by atoms with Gasteiger partial charge in [-0.25, -0.2) is 4.79 Å². The van der Waals surface area contributed by atoms with Gasteiger partial charge in [-0.2, -0.15) is 0 Å². The molecule has 1 aromatic heterocycles. The molecule has 29 heavy (non-hydrogen) atoms. The standard InChI is InChI=1S/C24H32N2O3/c1-24(2,3)17-8-5-15(6-9-17)22(27)26-12-11-21-19(14-26)18-13-16(23(28)29-4)7-10-20(18)25-21/h7,10,13,15,17,25H,5-6,8-9,11-12,14H2,1-4H3. The largest absolute Gasteiger partial charge is 0.465 e. The van der Waals surface area contributed by atoms with Gasteiger partial charge < -0.3 is 14.6 Å². The molecule has 1 aromatic carbocycles. The molecule has 1 N–H and O–H groups in total. The number of nitrogens with zero attached hydrogens (tertiary/aromatic N) is 1. The Bertz CT molecular complexity index is 929. The van der Waals surface area contributed by atoms with Crippen LogP contribution in [-0.2, 0) is 22.5 Å². The fraction of sp³-hybridized carbons (Fsp3) is 0.583. The molecule has 5 nitrogen and oxygen atoms in total. The van der Waals surface area contributed by atoms with Crippen LogP contribution in [0.3, 0.4) is 0 Å². The molecule has 1 saturated carbocycles. The maximum atomic E-state index is 13.2. The van der Waals surface area contributed by atoms with Gasteiger partial charge >= 0.3 is 5.97 Å². The molecule has 5 heteroatoms. The summed E-state index contributed by atoms with van der Waals surface area (Å²) in [4.78, 5) is 30.7. The SMILES string of the molecule is COC(=O)c1ccc2[nH]c3c(c2c1)CN(C(=O)C1CCC(C(C)(C)C)CC1)CC3. The van der Waals surface area contributed by atoms with Crippen molar-refractivity contribution in [2.45, 2.75) is 59.4 Å². The molecule has 0 unspecified atom stereocenters. The zero-order valence-electron chi connectivity index (χ0n) is 18.0. The van der Waals surface area contributed by atoms with E-state index in [-0.39, 0.29) is 11.9 Å². The molecule has 0 spiro atoms. The van der Waals surface area contributed by atoms with E-state index in [9.17, 15) is 9.59 Å². The Balaban J connectivity index is 1.51. The first-order valence-corrected chi connectivity index (χ1v) is 10.8. The molecule has 0 bridgehead atoms. The van der Waals surface area contributed by atoms with Crippen molar-refractivity contribution in [3.63, 3.8) is 0 Å². The second-order valence-electron chi connectivity index (χ2n) is 9.76. The summed E-state index contributed by atoms with van der Waals surface area (Å²) in [7, 11) is 1.40. The predicted molar refractivity (Wildman–Crippen MR) is 114 cm³/mol.